The van der Waals surface area contributed by atoms with Crippen LogP contribution in [0.15, 0.2) is 42.5 Å². The average Bonchev–Trinajstić information content (AvgIpc) is 2.53. The van der Waals surface area contributed by atoms with Gasteiger partial charge in [-0.15, -0.1) is 0 Å². The Morgan fingerprint density at radius 3 is 2.76 bits per heavy atom. The third-order valence-electron chi connectivity index (χ3n) is 4.10. The monoisotopic (exact) mass is 280 g/mol. The SMILES string of the molecule is CNc1ccc(C(=O)N2CCCc3ccccc32)cc1C. The van der Waals surface area contributed by atoms with Crippen LogP contribution in [0.4, 0.5) is 11.4 Å². The molecule has 2 aromatic carbocycles. The Morgan fingerprint density at radius 2 is 2.00 bits per heavy atom. The minimum Gasteiger partial charge on any atom is -0.388 e. The lowest BCUT2D eigenvalue weighted by Gasteiger charge is -2.29. The summed E-state index contributed by atoms with van der Waals surface area (Å²) in [5.41, 5.74) is 5.23. The molecule has 1 N–H and O–H groups in total. The van der Waals surface area contributed by atoms with Crippen LogP contribution < -0.4 is 10.2 Å². The molecule has 1 aliphatic rings. The molecule has 0 bridgehead atoms. The molecule has 0 saturated heterocycles. The number of anilines is 2. The molecule has 0 radical (unpaired) electrons. The number of benzene rings is 2. The maximum absolute atomic E-state index is 12.8. The van der Waals surface area contributed by atoms with Crippen molar-refractivity contribution in [3.05, 3.63) is 59.2 Å². The maximum atomic E-state index is 12.8. The van der Waals surface area contributed by atoms with E-state index in [0.717, 1.165) is 41.9 Å². The van der Waals surface area contributed by atoms with Crippen molar-refractivity contribution in [1.29, 1.82) is 0 Å². The molecule has 3 nitrogen and oxygen atoms in total. The minimum absolute atomic E-state index is 0.0907. The van der Waals surface area contributed by atoms with Crippen LogP contribution in [0.3, 0.4) is 0 Å². The van der Waals surface area contributed by atoms with Crippen molar-refractivity contribution < 1.29 is 4.79 Å². The van der Waals surface area contributed by atoms with E-state index < -0.39 is 0 Å². The number of nitrogens with one attached hydrogen (secondary N) is 1. The number of carbonyl (C=O) groups is 1. The van der Waals surface area contributed by atoms with Crippen LogP contribution in [0.5, 0.6) is 0 Å². The Morgan fingerprint density at radius 1 is 1.19 bits per heavy atom. The molecule has 0 spiro atoms. The zero-order chi connectivity index (χ0) is 14.8. The predicted molar refractivity (Wildman–Crippen MR) is 87.2 cm³/mol. The molecule has 2 aromatic rings. The first-order valence-corrected chi connectivity index (χ1v) is 7.39. The van der Waals surface area contributed by atoms with Crippen molar-refractivity contribution >= 4 is 17.3 Å². The normalized spacial score (nSPS) is 13.7. The smallest absolute Gasteiger partial charge is 0.258 e. The first kappa shape index (κ1) is 13.7. The van der Waals surface area contributed by atoms with Gasteiger partial charge in [-0.05, 0) is 55.2 Å². The summed E-state index contributed by atoms with van der Waals surface area (Å²) in [6, 6.07) is 14.0. The quantitative estimate of drug-likeness (QED) is 0.911. The van der Waals surface area contributed by atoms with Crippen molar-refractivity contribution in [3.8, 4) is 0 Å². The molecule has 0 atom stereocenters. The maximum Gasteiger partial charge on any atom is 0.258 e. The summed E-state index contributed by atoms with van der Waals surface area (Å²) in [4.78, 5) is 14.7. The van der Waals surface area contributed by atoms with Crippen molar-refractivity contribution in [2.75, 3.05) is 23.8 Å². The van der Waals surface area contributed by atoms with E-state index in [9.17, 15) is 4.79 Å². The molecule has 108 valence electrons. The van der Waals surface area contributed by atoms with E-state index in [1.54, 1.807) is 0 Å². The second-order valence-corrected chi connectivity index (χ2v) is 5.47. The van der Waals surface area contributed by atoms with Gasteiger partial charge in [0.1, 0.15) is 0 Å². The Hall–Kier alpha value is -2.29. The highest BCUT2D eigenvalue weighted by Gasteiger charge is 2.23. The lowest BCUT2D eigenvalue weighted by Crippen LogP contribution is -2.35. The van der Waals surface area contributed by atoms with Gasteiger partial charge in [-0.2, -0.15) is 0 Å². The van der Waals surface area contributed by atoms with E-state index in [1.165, 1.54) is 5.56 Å². The number of para-hydroxylation sites is 1. The van der Waals surface area contributed by atoms with Crippen LogP contribution >= 0.6 is 0 Å². The fourth-order valence-corrected chi connectivity index (χ4v) is 2.98. The summed E-state index contributed by atoms with van der Waals surface area (Å²) in [6.45, 7) is 2.81. The average molecular weight is 280 g/mol. The number of rotatable bonds is 2. The lowest BCUT2D eigenvalue weighted by molar-refractivity contribution is 0.0985. The largest absolute Gasteiger partial charge is 0.388 e. The van der Waals surface area contributed by atoms with Gasteiger partial charge >= 0.3 is 0 Å². The van der Waals surface area contributed by atoms with Crippen LogP contribution in [0, 0.1) is 6.92 Å². The van der Waals surface area contributed by atoms with Crippen molar-refractivity contribution in [3.63, 3.8) is 0 Å². The molecule has 0 aromatic heterocycles. The van der Waals surface area contributed by atoms with E-state index in [0.29, 0.717) is 0 Å². The number of amides is 1. The van der Waals surface area contributed by atoms with E-state index in [2.05, 4.69) is 11.4 Å². The topological polar surface area (TPSA) is 32.3 Å². The molecule has 1 amide bonds. The zero-order valence-electron chi connectivity index (χ0n) is 12.5. The molecule has 0 aliphatic carbocycles. The molecule has 3 heteroatoms. The Kier molecular flexibility index (Phi) is 3.65. The molecule has 0 fully saturated rings. The molecule has 0 unspecified atom stereocenters. The van der Waals surface area contributed by atoms with Gasteiger partial charge in [-0.3, -0.25) is 4.79 Å². The number of fused-ring (bicyclic) bond motifs is 1. The van der Waals surface area contributed by atoms with Gasteiger partial charge in [0, 0.05) is 30.5 Å². The first-order valence-electron chi connectivity index (χ1n) is 7.39. The van der Waals surface area contributed by atoms with Crippen LogP contribution in [0.25, 0.3) is 0 Å². The van der Waals surface area contributed by atoms with Crippen molar-refractivity contribution in [2.24, 2.45) is 0 Å². The summed E-state index contributed by atoms with van der Waals surface area (Å²) in [5.74, 6) is 0.0907. The second-order valence-electron chi connectivity index (χ2n) is 5.47. The summed E-state index contributed by atoms with van der Waals surface area (Å²) < 4.78 is 0. The number of carbonyl (C=O) groups excluding carboxylic acids is 1. The van der Waals surface area contributed by atoms with E-state index in [-0.39, 0.29) is 5.91 Å². The molecule has 3 rings (SSSR count). The van der Waals surface area contributed by atoms with Gasteiger partial charge in [-0.1, -0.05) is 18.2 Å². The minimum atomic E-state index is 0.0907. The van der Waals surface area contributed by atoms with Crippen LogP contribution in [-0.4, -0.2) is 19.5 Å². The summed E-state index contributed by atoms with van der Waals surface area (Å²) in [5, 5.41) is 3.13. The van der Waals surface area contributed by atoms with Gasteiger partial charge in [-0.25, -0.2) is 0 Å². The highest BCUT2D eigenvalue weighted by atomic mass is 16.2. The predicted octanol–water partition coefficient (Wildman–Crippen LogP) is 3.63. The molecular formula is C18H20N2O. The molecular weight excluding hydrogens is 260 g/mol. The first-order chi connectivity index (χ1) is 10.2. The molecule has 21 heavy (non-hydrogen) atoms. The van der Waals surface area contributed by atoms with Crippen molar-refractivity contribution in [1.82, 2.24) is 0 Å². The van der Waals surface area contributed by atoms with Crippen LogP contribution in [-0.2, 0) is 6.42 Å². The Labute approximate surface area is 125 Å². The zero-order valence-corrected chi connectivity index (χ0v) is 12.5. The van der Waals surface area contributed by atoms with E-state index >= 15 is 0 Å². The lowest BCUT2D eigenvalue weighted by atomic mass is 10.0. The molecule has 0 saturated carbocycles. The molecule has 1 aliphatic heterocycles. The van der Waals surface area contributed by atoms with Gasteiger partial charge < -0.3 is 10.2 Å². The van der Waals surface area contributed by atoms with E-state index in [1.807, 2.05) is 55.3 Å². The molecule has 1 heterocycles. The van der Waals surface area contributed by atoms with Gasteiger partial charge in [0.2, 0.25) is 0 Å². The van der Waals surface area contributed by atoms with Gasteiger partial charge in [0.05, 0.1) is 0 Å². The van der Waals surface area contributed by atoms with Crippen LogP contribution in [0.2, 0.25) is 0 Å². The number of hydrogen-bond donors (Lipinski definition) is 1. The van der Waals surface area contributed by atoms with E-state index in [4.69, 9.17) is 0 Å². The van der Waals surface area contributed by atoms with Crippen molar-refractivity contribution in [2.45, 2.75) is 19.8 Å². The van der Waals surface area contributed by atoms with Crippen LogP contribution in [0.1, 0.15) is 27.9 Å². The second kappa shape index (κ2) is 5.60. The number of hydrogen-bond acceptors (Lipinski definition) is 2. The summed E-state index contributed by atoms with van der Waals surface area (Å²) in [6.07, 6.45) is 2.08. The Balaban J connectivity index is 1.95. The third-order valence-corrected chi connectivity index (χ3v) is 4.10. The fourth-order valence-electron chi connectivity index (χ4n) is 2.98. The third kappa shape index (κ3) is 2.51. The number of nitrogens with zero attached hydrogens (tertiary/aromatic N) is 1. The summed E-state index contributed by atoms with van der Waals surface area (Å²) in [7, 11) is 1.89. The summed E-state index contributed by atoms with van der Waals surface area (Å²) >= 11 is 0. The standard InChI is InChI=1S/C18H20N2O/c1-13-12-15(9-10-16(13)19-2)18(21)20-11-5-7-14-6-3-4-8-17(14)20/h3-4,6,8-10,12,19H,5,7,11H2,1-2H3. The van der Waals surface area contributed by atoms with Gasteiger partial charge in [0.25, 0.3) is 5.91 Å². The highest BCUT2D eigenvalue weighted by molar-refractivity contribution is 6.07. The van der Waals surface area contributed by atoms with Gasteiger partial charge in [0.15, 0.2) is 0 Å². The number of aryl methyl sites for hydroxylation is 2. The Bertz CT molecular complexity index is 679. The highest BCUT2D eigenvalue weighted by Crippen LogP contribution is 2.28. The fraction of sp³-hybridized carbons (Fsp3) is 0.278.